The van der Waals surface area contributed by atoms with Crippen LogP contribution in [0.25, 0.3) is 0 Å². The zero-order valence-electron chi connectivity index (χ0n) is 12.2. The van der Waals surface area contributed by atoms with Gasteiger partial charge in [0.05, 0.1) is 19.8 Å². The number of carbonyl (C=O) groups is 1. The number of carbonyl (C=O) groups excluding carboxylic acids is 1. The third-order valence-corrected chi connectivity index (χ3v) is 3.77. The lowest BCUT2D eigenvalue weighted by Gasteiger charge is -2.12. The summed E-state index contributed by atoms with van der Waals surface area (Å²) in [7, 11) is 3.12. The summed E-state index contributed by atoms with van der Waals surface area (Å²) < 4.78 is 23.9. The average molecular weight is 368 g/mol. The first-order chi connectivity index (χ1) is 10.5. The molecule has 116 valence electrons. The Balaban J connectivity index is 2.11. The van der Waals surface area contributed by atoms with Gasteiger partial charge in [-0.3, -0.25) is 4.79 Å². The van der Waals surface area contributed by atoms with Crippen LogP contribution in [-0.4, -0.2) is 20.1 Å². The van der Waals surface area contributed by atoms with Crippen molar-refractivity contribution < 1.29 is 18.7 Å². The van der Waals surface area contributed by atoms with Crippen LogP contribution in [0.15, 0.2) is 40.9 Å². The predicted molar refractivity (Wildman–Crippen MR) is 84.8 cm³/mol. The molecule has 0 bridgehead atoms. The lowest BCUT2D eigenvalue weighted by Crippen LogP contribution is -2.23. The van der Waals surface area contributed by atoms with Crippen molar-refractivity contribution in [3.05, 3.63) is 57.8 Å². The quantitative estimate of drug-likeness (QED) is 0.879. The standard InChI is InChI=1S/C16H15BrFNO3/c1-21-12-5-3-10(15(8-12)22-2)9-19-16(20)13-6-4-11(18)7-14(13)17/h3-8H,9H2,1-2H3,(H,19,20). The highest BCUT2D eigenvalue weighted by molar-refractivity contribution is 9.10. The fourth-order valence-electron chi connectivity index (χ4n) is 1.94. The molecule has 0 radical (unpaired) electrons. The second-order valence-corrected chi connectivity index (χ2v) is 5.34. The molecule has 2 aromatic carbocycles. The van der Waals surface area contributed by atoms with Gasteiger partial charge in [-0.2, -0.15) is 0 Å². The Morgan fingerprint density at radius 3 is 2.59 bits per heavy atom. The minimum Gasteiger partial charge on any atom is -0.497 e. The van der Waals surface area contributed by atoms with Gasteiger partial charge in [-0.15, -0.1) is 0 Å². The van der Waals surface area contributed by atoms with Crippen LogP contribution in [0.3, 0.4) is 0 Å². The molecule has 2 aromatic rings. The molecule has 0 saturated carbocycles. The van der Waals surface area contributed by atoms with Gasteiger partial charge < -0.3 is 14.8 Å². The van der Waals surface area contributed by atoms with Gasteiger partial charge in [0.25, 0.3) is 5.91 Å². The van der Waals surface area contributed by atoms with Crippen LogP contribution in [0.5, 0.6) is 11.5 Å². The first-order valence-corrected chi connectivity index (χ1v) is 7.28. The van der Waals surface area contributed by atoms with Gasteiger partial charge in [0.2, 0.25) is 0 Å². The van der Waals surface area contributed by atoms with E-state index in [1.54, 1.807) is 26.4 Å². The summed E-state index contributed by atoms with van der Waals surface area (Å²) >= 11 is 3.18. The maximum absolute atomic E-state index is 13.0. The molecule has 0 spiro atoms. The monoisotopic (exact) mass is 367 g/mol. The van der Waals surface area contributed by atoms with Crippen molar-refractivity contribution in [2.75, 3.05) is 14.2 Å². The summed E-state index contributed by atoms with van der Waals surface area (Å²) in [5.74, 6) is 0.594. The first-order valence-electron chi connectivity index (χ1n) is 6.49. The molecule has 0 aliphatic rings. The van der Waals surface area contributed by atoms with Gasteiger partial charge in [-0.25, -0.2) is 4.39 Å². The van der Waals surface area contributed by atoms with E-state index in [9.17, 15) is 9.18 Å². The number of hydrogen-bond acceptors (Lipinski definition) is 3. The second-order valence-electron chi connectivity index (χ2n) is 4.48. The number of ether oxygens (including phenoxy) is 2. The summed E-state index contributed by atoms with van der Waals surface area (Å²) in [6.45, 7) is 0.288. The molecule has 4 nitrogen and oxygen atoms in total. The molecule has 6 heteroatoms. The number of methoxy groups -OCH3 is 2. The van der Waals surface area contributed by atoms with Crippen molar-refractivity contribution in [3.8, 4) is 11.5 Å². The number of nitrogens with one attached hydrogen (secondary N) is 1. The van der Waals surface area contributed by atoms with E-state index in [0.717, 1.165) is 5.56 Å². The molecule has 0 unspecified atom stereocenters. The molecule has 1 amide bonds. The molecule has 0 fully saturated rings. The number of rotatable bonds is 5. The van der Waals surface area contributed by atoms with Gasteiger partial charge in [0.1, 0.15) is 17.3 Å². The highest BCUT2D eigenvalue weighted by atomic mass is 79.9. The Morgan fingerprint density at radius 1 is 1.18 bits per heavy atom. The Hall–Kier alpha value is -2.08. The van der Waals surface area contributed by atoms with E-state index < -0.39 is 5.82 Å². The SMILES string of the molecule is COc1ccc(CNC(=O)c2ccc(F)cc2Br)c(OC)c1. The van der Waals surface area contributed by atoms with Gasteiger partial charge in [0.15, 0.2) is 0 Å². The molecule has 0 heterocycles. The first kappa shape index (κ1) is 16.3. The van der Waals surface area contributed by atoms with Crippen LogP contribution < -0.4 is 14.8 Å². The third-order valence-electron chi connectivity index (χ3n) is 3.11. The lowest BCUT2D eigenvalue weighted by atomic mass is 10.1. The Bertz CT molecular complexity index is 691. The van der Waals surface area contributed by atoms with Crippen LogP contribution >= 0.6 is 15.9 Å². The Kier molecular flexibility index (Phi) is 5.38. The fraction of sp³-hybridized carbons (Fsp3) is 0.188. The van der Waals surface area contributed by atoms with Crippen LogP contribution in [-0.2, 0) is 6.54 Å². The van der Waals surface area contributed by atoms with E-state index in [-0.39, 0.29) is 12.5 Å². The molecule has 0 aliphatic carbocycles. The van der Waals surface area contributed by atoms with Crippen LogP contribution in [0, 0.1) is 5.82 Å². The lowest BCUT2D eigenvalue weighted by molar-refractivity contribution is 0.0950. The highest BCUT2D eigenvalue weighted by Crippen LogP contribution is 2.24. The van der Waals surface area contributed by atoms with Crippen LogP contribution in [0.1, 0.15) is 15.9 Å². The molecular weight excluding hydrogens is 353 g/mol. The Labute approximate surface area is 136 Å². The van der Waals surface area contributed by atoms with Gasteiger partial charge in [-0.1, -0.05) is 0 Å². The van der Waals surface area contributed by atoms with Crippen LogP contribution in [0.4, 0.5) is 4.39 Å². The van der Waals surface area contributed by atoms with Crippen molar-refractivity contribution in [3.63, 3.8) is 0 Å². The smallest absolute Gasteiger partial charge is 0.252 e. The number of benzene rings is 2. The van der Waals surface area contributed by atoms with Gasteiger partial charge >= 0.3 is 0 Å². The molecule has 0 saturated heterocycles. The minimum absolute atomic E-state index is 0.288. The molecule has 0 aromatic heterocycles. The van der Waals surface area contributed by atoms with Crippen molar-refractivity contribution in [2.24, 2.45) is 0 Å². The van der Waals surface area contributed by atoms with Crippen molar-refractivity contribution in [1.29, 1.82) is 0 Å². The van der Waals surface area contributed by atoms with Crippen molar-refractivity contribution >= 4 is 21.8 Å². The maximum Gasteiger partial charge on any atom is 0.252 e. The predicted octanol–water partition coefficient (Wildman–Crippen LogP) is 3.54. The summed E-state index contributed by atoms with van der Waals surface area (Å²) in [6.07, 6.45) is 0. The van der Waals surface area contributed by atoms with E-state index in [4.69, 9.17) is 9.47 Å². The fourth-order valence-corrected chi connectivity index (χ4v) is 2.47. The number of halogens is 2. The summed E-state index contributed by atoms with van der Waals surface area (Å²) in [5.41, 5.74) is 1.18. The molecule has 2 rings (SSSR count). The molecule has 22 heavy (non-hydrogen) atoms. The van der Waals surface area contributed by atoms with E-state index in [1.807, 2.05) is 6.07 Å². The van der Waals surface area contributed by atoms with Gasteiger partial charge in [0, 0.05) is 22.6 Å². The zero-order valence-corrected chi connectivity index (χ0v) is 13.7. The summed E-state index contributed by atoms with van der Waals surface area (Å²) in [6, 6.07) is 9.28. The van der Waals surface area contributed by atoms with E-state index >= 15 is 0 Å². The largest absolute Gasteiger partial charge is 0.497 e. The zero-order chi connectivity index (χ0) is 16.1. The Morgan fingerprint density at radius 2 is 1.95 bits per heavy atom. The van der Waals surface area contributed by atoms with E-state index in [1.165, 1.54) is 18.2 Å². The maximum atomic E-state index is 13.0. The third kappa shape index (κ3) is 3.76. The van der Waals surface area contributed by atoms with E-state index in [2.05, 4.69) is 21.2 Å². The molecule has 1 N–H and O–H groups in total. The second kappa shape index (κ2) is 7.26. The molecular formula is C16H15BrFNO3. The summed E-state index contributed by atoms with van der Waals surface area (Å²) in [4.78, 5) is 12.1. The highest BCUT2D eigenvalue weighted by Gasteiger charge is 2.12. The van der Waals surface area contributed by atoms with E-state index in [0.29, 0.717) is 21.5 Å². The normalized spacial score (nSPS) is 10.2. The van der Waals surface area contributed by atoms with Crippen molar-refractivity contribution in [1.82, 2.24) is 5.32 Å². The minimum atomic E-state index is -0.403. The van der Waals surface area contributed by atoms with Gasteiger partial charge in [-0.05, 0) is 46.3 Å². The van der Waals surface area contributed by atoms with Crippen molar-refractivity contribution in [2.45, 2.75) is 6.54 Å². The summed E-state index contributed by atoms with van der Waals surface area (Å²) in [5, 5.41) is 2.78. The topological polar surface area (TPSA) is 47.6 Å². The number of amides is 1. The molecule has 0 atom stereocenters. The number of hydrogen-bond donors (Lipinski definition) is 1. The van der Waals surface area contributed by atoms with Crippen LogP contribution in [0.2, 0.25) is 0 Å². The average Bonchev–Trinajstić information content (AvgIpc) is 2.52. The molecule has 0 aliphatic heterocycles.